The van der Waals surface area contributed by atoms with Crippen LogP contribution in [0.5, 0.6) is 0 Å². The molecular weight excluding hydrogens is 340 g/mol. The lowest BCUT2D eigenvalue weighted by atomic mass is 10.2. The molecule has 134 valence electrons. The molecule has 7 nitrogen and oxygen atoms in total. The van der Waals surface area contributed by atoms with Crippen LogP contribution >= 0.6 is 11.6 Å². The second-order valence-corrected chi connectivity index (χ2v) is 6.46. The van der Waals surface area contributed by atoms with Crippen LogP contribution in [0.3, 0.4) is 0 Å². The smallest absolute Gasteiger partial charge is 0.248 e. The Morgan fingerprint density at radius 3 is 3.00 bits per heavy atom. The molecule has 3 rings (SSSR count). The Labute approximate surface area is 152 Å². The number of likely N-dealkylation sites (tertiary alicyclic amines) is 1. The molecule has 1 aliphatic rings. The van der Waals surface area contributed by atoms with Crippen molar-refractivity contribution in [3.8, 4) is 11.4 Å². The van der Waals surface area contributed by atoms with Gasteiger partial charge in [-0.25, -0.2) is 4.99 Å². The molecule has 2 heterocycles. The topological polar surface area (TPSA) is 92.6 Å². The quantitative estimate of drug-likeness (QED) is 0.605. The van der Waals surface area contributed by atoms with E-state index in [-0.39, 0.29) is 6.54 Å². The van der Waals surface area contributed by atoms with Gasteiger partial charge in [-0.15, -0.1) is 0 Å². The van der Waals surface area contributed by atoms with E-state index in [1.807, 2.05) is 12.1 Å². The van der Waals surface area contributed by atoms with Crippen molar-refractivity contribution < 1.29 is 4.52 Å². The Morgan fingerprint density at radius 2 is 2.24 bits per heavy atom. The summed E-state index contributed by atoms with van der Waals surface area (Å²) in [6.45, 7) is 5.47. The average Bonchev–Trinajstić information content (AvgIpc) is 3.27. The van der Waals surface area contributed by atoms with Crippen molar-refractivity contribution in [3.63, 3.8) is 0 Å². The van der Waals surface area contributed by atoms with Crippen LogP contribution in [0, 0.1) is 0 Å². The maximum absolute atomic E-state index is 5.94. The summed E-state index contributed by atoms with van der Waals surface area (Å²) in [5, 5.41) is 7.81. The number of likely N-dealkylation sites (N-methyl/N-ethyl adjacent to an activating group) is 1. The average molecular weight is 363 g/mol. The van der Waals surface area contributed by atoms with Gasteiger partial charge in [0.15, 0.2) is 5.96 Å². The molecule has 1 unspecified atom stereocenters. The lowest BCUT2D eigenvalue weighted by Crippen LogP contribution is -2.42. The Bertz CT molecular complexity index is 714. The number of guanidine groups is 1. The first-order chi connectivity index (χ1) is 12.2. The van der Waals surface area contributed by atoms with Crippen molar-refractivity contribution in [2.45, 2.75) is 32.4 Å². The highest BCUT2D eigenvalue weighted by molar-refractivity contribution is 6.30. The fraction of sp³-hybridized carbons (Fsp3) is 0.471. The largest absolute Gasteiger partial charge is 0.370 e. The molecule has 0 spiro atoms. The molecule has 0 radical (unpaired) electrons. The van der Waals surface area contributed by atoms with Crippen LogP contribution < -0.4 is 11.1 Å². The minimum atomic E-state index is 0.252. The molecule has 1 aromatic carbocycles. The lowest BCUT2D eigenvalue weighted by molar-refractivity contribution is 0.267. The van der Waals surface area contributed by atoms with E-state index in [4.69, 9.17) is 21.9 Å². The van der Waals surface area contributed by atoms with Crippen molar-refractivity contribution in [3.05, 3.63) is 35.2 Å². The molecule has 0 aliphatic carbocycles. The summed E-state index contributed by atoms with van der Waals surface area (Å²) in [7, 11) is 0. The van der Waals surface area contributed by atoms with Gasteiger partial charge in [-0.2, -0.15) is 4.98 Å². The summed E-state index contributed by atoms with van der Waals surface area (Å²) in [6, 6.07) is 7.79. The lowest BCUT2D eigenvalue weighted by Gasteiger charge is -2.22. The number of nitrogens with one attached hydrogen (secondary N) is 1. The van der Waals surface area contributed by atoms with Gasteiger partial charge in [0.25, 0.3) is 0 Å². The number of hydrogen-bond acceptors (Lipinski definition) is 5. The number of benzene rings is 1. The fourth-order valence-electron chi connectivity index (χ4n) is 3.01. The molecule has 0 bridgehead atoms. The highest BCUT2D eigenvalue weighted by atomic mass is 35.5. The molecule has 1 saturated heterocycles. The van der Waals surface area contributed by atoms with Crippen molar-refractivity contribution >= 4 is 17.6 Å². The number of halogens is 1. The monoisotopic (exact) mass is 362 g/mol. The van der Waals surface area contributed by atoms with Gasteiger partial charge in [0, 0.05) is 23.2 Å². The Morgan fingerprint density at radius 1 is 1.44 bits per heavy atom. The zero-order valence-electron chi connectivity index (χ0n) is 14.3. The third-order valence-electron chi connectivity index (χ3n) is 4.38. The highest BCUT2D eigenvalue weighted by Gasteiger charge is 2.22. The standard InChI is InChI=1S/C17H23ClN6O/c1-2-24-9-3-4-14(24)10-20-17(19)21-11-15-22-16(23-25-15)12-5-7-13(18)8-6-12/h5-8,14H,2-4,9-11H2,1H3,(H3,19,20,21). The highest BCUT2D eigenvalue weighted by Crippen LogP contribution is 2.19. The third kappa shape index (κ3) is 4.70. The van der Waals surface area contributed by atoms with Gasteiger partial charge in [0.05, 0.1) is 0 Å². The van der Waals surface area contributed by atoms with Crippen LogP contribution in [0.1, 0.15) is 25.7 Å². The molecule has 1 aliphatic heterocycles. The molecule has 1 aromatic heterocycles. The van der Waals surface area contributed by atoms with Crippen molar-refractivity contribution in [2.75, 3.05) is 19.6 Å². The van der Waals surface area contributed by atoms with Gasteiger partial charge in [0.1, 0.15) is 6.54 Å². The van der Waals surface area contributed by atoms with E-state index in [0.717, 1.165) is 25.2 Å². The Kier molecular flexibility index (Phi) is 5.88. The summed E-state index contributed by atoms with van der Waals surface area (Å²) >= 11 is 5.88. The van der Waals surface area contributed by atoms with E-state index in [1.54, 1.807) is 12.1 Å². The van der Waals surface area contributed by atoms with E-state index in [9.17, 15) is 0 Å². The van der Waals surface area contributed by atoms with E-state index < -0.39 is 0 Å². The summed E-state index contributed by atoms with van der Waals surface area (Å²) in [4.78, 5) is 11.1. The molecule has 1 fully saturated rings. The number of rotatable bonds is 6. The van der Waals surface area contributed by atoms with Crippen LogP contribution in [0.2, 0.25) is 5.02 Å². The minimum absolute atomic E-state index is 0.252. The summed E-state index contributed by atoms with van der Waals surface area (Å²) in [5.74, 6) is 1.33. The van der Waals surface area contributed by atoms with E-state index in [2.05, 4.69) is 32.3 Å². The zero-order chi connectivity index (χ0) is 17.6. The normalized spacial score (nSPS) is 18.6. The van der Waals surface area contributed by atoms with Gasteiger partial charge < -0.3 is 15.6 Å². The SMILES string of the molecule is CCN1CCCC1CNC(N)=NCc1nc(-c2ccc(Cl)cc2)no1. The molecule has 1 atom stereocenters. The van der Waals surface area contributed by atoms with Crippen molar-refractivity contribution in [1.29, 1.82) is 0 Å². The molecule has 25 heavy (non-hydrogen) atoms. The number of nitrogens with zero attached hydrogens (tertiary/aromatic N) is 4. The molecule has 0 saturated carbocycles. The first-order valence-electron chi connectivity index (χ1n) is 8.52. The Hall–Kier alpha value is -2.12. The van der Waals surface area contributed by atoms with E-state index in [0.29, 0.717) is 28.7 Å². The first-order valence-corrected chi connectivity index (χ1v) is 8.90. The molecule has 2 aromatic rings. The predicted octanol–water partition coefficient (Wildman–Crippen LogP) is 2.28. The zero-order valence-corrected chi connectivity index (χ0v) is 15.0. The van der Waals surface area contributed by atoms with Gasteiger partial charge in [-0.05, 0) is 50.2 Å². The van der Waals surface area contributed by atoms with E-state index in [1.165, 1.54) is 12.8 Å². The second-order valence-electron chi connectivity index (χ2n) is 6.03. The van der Waals surface area contributed by atoms with Crippen LogP contribution in [-0.2, 0) is 6.54 Å². The first kappa shape index (κ1) is 17.7. The van der Waals surface area contributed by atoms with Crippen LogP contribution in [-0.4, -0.2) is 46.7 Å². The summed E-state index contributed by atoms with van der Waals surface area (Å²) in [6.07, 6.45) is 2.44. The summed E-state index contributed by atoms with van der Waals surface area (Å²) in [5.41, 5.74) is 6.78. The summed E-state index contributed by atoms with van der Waals surface area (Å²) < 4.78 is 5.22. The predicted molar refractivity (Wildman–Crippen MR) is 98.3 cm³/mol. The number of aliphatic imine (C=N–C) groups is 1. The molecular formula is C17H23ClN6O. The fourth-order valence-corrected chi connectivity index (χ4v) is 3.13. The number of hydrogen-bond donors (Lipinski definition) is 2. The maximum atomic E-state index is 5.94. The van der Waals surface area contributed by atoms with Crippen LogP contribution in [0.25, 0.3) is 11.4 Å². The molecule has 3 N–H and O–H groups in total. The van der Waals surface area contributed by atoms with Gasteiger partial charge in [-0.3, -0.25) is 4.90 Å². The van der Waals surface area contributed by atoms with E-state index >= 15 is 0 Å². The Balaban J connectivity index is 1.52. The van der Waals surface area contributed by atoms with Crippen LogP contribution in [0.15, 0.2) is 33.8 Å². The molecule has 0 amide bonds. The van der Waals surface area contributed by atoms with Crippen molar-refractivity contribution in [1.82, 2.24) is 20.4 Å². The van der Waals surface area contributed by atoms with Crippen molar-refractivity contribution in [2.24, 2.45) is 10.7 Å². The van der Waals surface area contributed by atoms with Crippen LogP contribution in [0.4, 0.5) is 0 Å². The van der Waals surface area contributed by atoms with Gasteiger partial charge >= 0.3 is 0 Å². The third-order valence-corrected chi connectivity index (χ3v) is 4.63. The van der Waals surface area contributed by atoms with Gasteiger partial charge in [0.2, 0.25) is 11.7 Å². The molecule has 8 heteroatoms. The maximum Gasteiger partial charge on any atom is 0.248 e. The minimum Gasteiger partial charge on any atom is -0.370 e. The number of nitrogens with two attached hydrogens (primary N) is 1. The van der Waals surface area contributed by atoms with Gasteiger partial charge in [-0.1, -0.05) is 23.7 Å². The number of aromatic nitrogens is 2. The second kappa shape index (κ2) is 8.31.